The summed E-state index contributed by atoms with van der Waals surface area (Å²) in [5.74, 6) is 0. The summed E-state index contributed by atoms with van der Waals surface area (Å²) in [4.78, 5) is 14.4. The number of rotatable bonds is 2. The van der Waals surface area contributed by atoms with Gasteiger partial charge in [-0.1, -0.05) is 0 Å². The van der Waals surface area contributed by atoms with Crippen molar-refractivity contribution < 1.29 is 13.6 Å². The zero-order valence-electron chi connectivity index (χ0n) is 7.59. The third kappa shape index (κ3) is 2.10. The molecule has 0 amide bonds. The van der Waals surface area contributed by atoms with Gasteiger partial charge in [-0.2, -0.15) is 5.26 Å². The number of nitrogens with zero attached hydrogens (tertiary/aromatic N) is 2. The molecule has 0 atom stereocenters. The standard InChI is InChI=1S/C9H5ClF2N2O/c1-4-6(9(11)12)5(2-13)3-14-7(4)8(10)15/h3,9H,1H3. The van der Waals surface area contributed by atoms with E-state index in [2.05, 4.69) is 4.98 Å². The largest absolute Gasteiger partial charge is 0.274 e. The van der Waals surface area contributed by atoms with Gasteiger partial charge in [-0.05, 0) is 24.1 Å². The number of aromatic nitrogens is 1. The van der Waals surface area contributed by atoms with E-state index in [1.54, 1.807) is 6.07 Å². The molecule has 0 radical (unpaired) electrons. The second kappa shape index (κ2) is 4.32. The number of nitriles is 1. The quantitative estimate of drug-likeness (QED) is 0.734. The first-order chi connectivity index (χ1) is 6.99. The Labute approximate surface area is 89.3 Å². The van der Waals surface area contributed by atoms with Gasteiger partial charge in [0.1, 0.15) is 11.8 Å². The van der Waals surface area contributed by atoms with Crippen molar-refractivity contribution in [1.82, 2.24) is 4.98 Å². The molecule has 0 fully saturated rings. The summed E-state index contributed by atoms with van der Waals surface area (Å²) >= 11 is 5.15. The van der Waals surface area contributed by atoms with E-state index in [4.69, 9.17) is 16.9 Å². The second-order valence-corrected chi connectivity index (χ2v) is 3.09. The SMILES string of the molecule is Cc1c(C(=O)Cl)ncc(C#N)c1C(F)F. The van der Waals surface area contributed by atoms with E-state index in [1.165, 1.54) is 6.92 Å². The van der Waals surface area contributed by atoms with Crippen molar-refractivity contribution in [1.29, 1.82) is 5.26 Å². The Morgan fingerprint density at radius 2 is 2.27 bits per heavy atom. The highest BCUT2D eigenvalue weighted by atomic mass is 35.5. The highest BCUT2D eigenvalue weighted by Gasteiger charge is 2.21. The van der Waals surface area contributed by atoms with Crippen molar-refractivity contribution in [3.8, 4) is 6.07 Å². The molecular formula is C9H5ClF2N2O. The minimum atomic E-state index is -2.84. The van der Waals surface area contributed by atoms with Gasteiger partial charge in [0.2, 0.25) is 0 Å². The Kier molecular flexibility index (Phi) is 3.32. The predicted molar refractivity (Wildman–Crippen MR) is 48.8 cm³/mol. The molecule has 0 aliphatic rings. The molecule has 6 heteroatoms. The molecule has 0 aliphatic carbocycles. The predicted octanol–water partition coefficient (Wildman–Crippen LogP) is 2.58. The van der Waals surface area contributed by atoms with Crippen LogP contribution in [0.15, 0.2) is 6.20 Å². The molecule has 0 bridgehead atoms. The molecule has 0 saturated heterocycles. The number of pyridine rings is 1. The average molecular weight is 231 g/mol. The van der Waals surface area contributed by atoms with Crippen LogP contribution in [0.25, 0.3) is 0 Å². The average Bonchev–Trinajstić information content (AvgIpc) is 2.15. The van der Waals surface area contributed by atoms with Crippen molar-refractivity contribution >= 4 is 16.8 Å². The van der Waals surface area contributed by atoms with Gasteiger partial charge in [-0.3, -0.25) is 9.78 Å². The van der Waals surface area contributed by atoms with Crippen molar-refractivity contribution in [2.75, 3.05) is 0 Å². The van der Waals surface area contributed by atoms with Crippen molar-refractivity contribution in [2.24, 2.45) is 0 Å². The number of carbonyl (C=O) groups is 1. The van der Waals surface area contributed by atoms with Gasteiger partial charge in [-0.25, -0.2) is 8.78 Å². The minimum absolute atomic E-state index is 0.0518. The van der Waals surface area contributed by atoms with E-state index < -0.39 is 17.2 Å². The first-order valence-corrected chi connectivity index (χ1v) is 4.24. The molecule has 1 heterocycles. The summed E-state index contributed by atoms with van der Waals surface area (Å²) in [5, 5.41) is 7.66. The number of hydrogen-bond donors (Lipinski definition) is 0. The normalized spacial score (nSPS) is 10.1. The number of halogens is 3. The van der Waals surface area contributed by atoms with E-state index in [0.717, 1.165) is 6.20 Å². The van der Waals surface area contributed by atoms with Crippen molar-refractivity contribution in [3.63, 3.8) is 0 Å². The fourth-order valence-corrected chi connectivity index (χ4v) is 1.38. The Morgan fingerprint density at radius 1 is 1.67 bits per heavy atom. The molecule has 0 N–H and O–H groups in total. The van der Waals surface area contributed by atoms with Gasteiger partial charge >= 0.3 is 0 Å². The Morgan fingerprint density at radius 3 is 2.67 bits per heavy atom. The van der Waals surface area contributed by atoms with Gasteiger partial charge in [0, 0.05) is 11.8 Å². The molecule has 15 heavy (non-hydrogen) atoms. The van der Waals surface area contributed by atoms with Gasteiger partial charge in [0.15, 0.2) is 0 Å². The zero-order valence-corrected chi connectivity index (χ0v) is 8.35. The maximum atomic E-state index is 12.6. The Hall–Kier alpha value is -1.54. The molecule has 78 valence electrons. The van der Waals surface area contributed by atoms with Crippen LogP contribution in [0.4, 0.5) is 8.78 Å². The van der Waals surface area contributed by atoms with E-state index in [-0.39, 0.29) is 16.8 Å². The smallest absolute Gasteiger partial charge is 0.271 e. The lowest BCUT2D eigenvalue weighted by Crippen LogP contribution is -2.05. The molecule has 1 aromatic rings. The highest BCUT2D eigenvalue weighted by molar-refractivity contribution is 6.67. The molecule has 1 aromatic heterocycles. The van der Waals surface area contributed by atoms with E-state index in [0.29, 0.717) is 0 Å². The topological polar surface area (TPSA) is 53.8 Å². The zero-order chi connectivity index (χ0) is 11.6. The summed E-state index contributed by atoms with van der Waals surface area (Å²) in [7, 11) is 0. The maximum Gasteiger partial charge on any atom is 0.271 e. The second-order valence-electron chi connectivity index (χ2n) is 2.75. The fraction of sp³-hybridized carbons (Fsp3) is 0.222. The molecule has 0 spiro atoms. The minimum Gasteiger partial charge on any atom is -0.274 e. The fourth-order valence-electron chi connectivity index (χ4n) is 1.19. The van der Waals surface area contributed by atoms with Crippen LogP contribution < -0.4 is 0 Å². The van der Waals surface area contributed by atoms with Crippen LogP contribution in [0, 0.1) is 18.3 Å². The number of carbonyl (C=O) groups excluding carboxylic acids is 1. The lowest BCUT2D eigenvalue weighted by molar-refractivity contribution is 0.107. The summed E-state index contributed by atoms with van der Waals surface area (Å²) in [5.41, 5.74) is -1.03. The Bertz CT molecular complexity index is 454. The molecule has 0 saturated carbocycles. The highest BCUT2D eigenvalue weighted by Crippen LogP contribution is 2.27. The van der Waals surface area contributed by atoms with Crippen LogP contribution in [0.5, 0.6) is 0 Å². The first-order valence-electron chi connectivity index (χ1n) is 3.86. The third-order valence-corrected chi connectivity index (χ3v) is 2.08. The molecular weight excluding hydrogens is 226 g/mol. The molecule has 3 nitrogen and oxygen atoms in total. The maximum absolute atomic E-state index is 12.6. The van der Waals surface area contributed by atoms with E-state index >= 15 is 0 Å². The van der Waals surface area contributed by atoms with Crippen LogP contribution in [-0.2, 0) is 0 Å². The molecule has 0 unspecified atom stereocenters. The number of alkyl halides is 2. The Balaban J connectivity index is 3.51. The van der Waals surface area contributed by atoms with Gasteiger partial charge < -0.3 is 0 Å². The molecule has 1 rings (SSSR count). The summed E-state index contributed by atoms with van der Waals surface area (Å²) < 4.78 is 25.2. The van der Waals surface area contributed by atoms with Gasteiger partial charge in [-0.15, -0.1) is 0 Å². The van der Waals surface area contributed by atoms with Crippen LogP contribution >= 0.6 is 11.6 Å². The summed E-state index contributed by atoms with van der Waals surface area (Å²) in [6.45, 7) is 1.28. The summed E-state index contributed by atoms with van der Waals surface area (Å²) in [6, 6.07) is 1.59. The van der Waals surface area contributed by atoms with Gasteiger partial charge in [0.05, 0.1) is 5.56 Å². The lowest BCUT2D eigenvalue weighted by Gasteiger charge is -2.08. The molecule has 0 aliphatic heterocycles. The third-order valence-electron chi connectivity index (χ3n) is 1.90. The van der Waals surface area contributed by atoms with Crippen LogP contribution in [-0.4, -0.2) is 10.2 Å². The van der Waals surface area contributed by atoms with Crippen molar-refractivity contribution in [2.45, 2.75) is 13.3 Å². The molecule has 0 aromatic carbocycles. The van der Waals surface area contributed by atoms with Crippen LogP contribution in [0.1, 0.15) is 33.6 Å². The van der Waals surface area contributed by atoms with Gasteiger partial charge in [0.25, 0.3) is 11.7 Å². The first kappa shape index (κ1) is 11.5. The van der Waals surface area contributed by atoms with Crippen molar-refractivity contribution in [3.05, 3.63) is 28.6 Å². The monoisotopic (exact) mass is 230 g/mol. The van der Waals surface area contributed by atoms with E-state index in [9.17, 15) is 13.6 Å². The summed E-state index contributed by atoms with van der Waals surface area (Å²) in [6.07, 6.45) is -1.91. The number of hydrogen-bond acceptors (Lipinski definition) is 3. The lowest BCUT2D eigenvalue weighted by atomic mass is 10.0. The van der Waals surface area contributed by atoms with Crippen LogP contribution in [0.3, 0.4) is 0 Å². The van der Waals surface area contributed by atoms with E-state index in [1.807, 2.05) is 0 Å². The van der Waals surface area contributed by atoms with Crippen LogP contribution in [0.2, 0.25) is 0 Å².